The van der Waals surface area contributed by atoms with Crippen molar-refractivity contribution < 1.29 is 23.8 Å². The van der Waals surface area contributed by atoms with Gasteiger partial charge in [-0.3, -0.25) is 0 Å². The Morgan fingerprint density at radius 2 is 1.83 bits per heavy atom. The monoisotopic (exact) mass is 322 g/mol. The van der Waals surface area contributed by atoms with E-state index in [2.05, 4.69) is 6.58 Å². The summed E-state index contributed by atoms with van der Waals surface area (Å²) in [4.78, 5) is 23.7. The predicted octanol–water partition coefficient (Wildman–Crippen LogP) is 2.78. The van der Waals surface area contributed by atoms with Crippen molar-refractivity contribution in [3.05, 3.63) is 12.7 Å². The van der Waals surface area contributed by atoms with E-state index in [1.165, 1.54) is 12.5 Å². The fourth-order valence-electron chi connectivity index (χ4n) is 5.29. The molecule has 4 saturated carbocycles. The fraction of sp³-hybridized carbons (Fsp3) is 0.778. The number of ether oxygens (including phenoxy) is 3. The molecule has 3 unspecified atom stereocenters. The second kappa shape index (κ2) is 5.93. The first-order valence-electron chi connectivity index (χ1n) is 8.59. The van der Waals surface area contributed by atoms with Crippen LogP contribution in [0.1, 0.15) is 52.4 Å². The van der Waals surface area contributed by atoms with Crippen LogP contribution >= 0.6 is 0 Å². The highest BCUT2D eigenvalue weighted by molar-refractivity contribution is 5.81. The van der Waals surface area contributed by atoms with Gasteiger partial charge < -0.3 is 14.2 Å². The molecule has 0 radical (unpaired) electrons. The van der Waals surface area contributed by atoms with E-state index in [9.17, 15) is 9.59 Å². The van der Waals surface area contributed by atoms with Crippen molar-refractivity contribution in [1.82, 2.24) is 0 Å². The largest absolute Gasteiger partial charge is 0.464 e. The summed E-state index contributed by atoms with van der Waals surface area (Å²) >= 11 is 0. The highest BCUT2D eigenvalue weighted by Gasteiger charge is 2.60. The second-order valence-electron chi connectivity index (χ2n) is 7.46. The van der Waals surface area contributed by atoms with E-state index in [-0.39, 0.29) is 17.5 Å². The lowest BCUT2D eigenvalue weighted by atomic mass is 9.52. The predicted molar refractivity (Wildman–Crippen MR) is 83.6 cm³/mol. The van der Waals surface area contributed by atoms with Crippen molar-refractivity contribution in [3.63, 3.8) is 0 Å². The lowest BCUT2D eigenvalue weighted by Gasteiger charge is -2.60. The number of carbonyl (C=O) groups excluding carboxylic acids is 2. The Morgan fingerprint density at radius 1 is 1.22 bits per heavy atom. The van der Waals surface area contributed by atoms with Crippen LogP contribution in [0.5, 0.6) is 0 Å². The number of esters is 2. The summed E-state index contributed by atoms with van der Waals surface area (Å²) in [7, 11) is 0. The maximum atomic E-state index is 11.9. The molecule has 5 nitrogen and oxygen atoms in total. The molecule has 5 heteroatoms. The first kappa shape index (κ1) is 16.5. The smallest absolute Gasteiger partial charge is 0.334 e. The Morgan fingerprint density at radius 3 is 2.39 bits per heavy atom. The molecule has 4 rings (SSSR count). The summed E-state index contributed by atoms with van der Waals surface area (Å²) in [5.41, 5.74) is -0.804. The van der Waals surface area contributed by atoms with Crippen LogP contribution in [0.2, 0.25) is 0 Å². The van der Waals surface area contributed by atoms with Crippen LogP contribution in [0.3, 0.4) is 0 Å². The Bertz CT molecular complexity index is 498. The minimum atomic E-state index is -0.585. The number of carbonyl (C=O) groups is 2. The van der Waals surface area contributed by atoms with E-state index < -0.39 is 11.7 Å². The SMILES string of the molecule is C=CC(=O)OC12CC3CC(C1)CC(OC(C)C(=O)OCC)(C3)C2. The van der Waals surface area contributed by atoms with Gasteiger partial charge in [0.1, 0.15) is 5.60 Å². The van der Waals surface area contributed by atoms with E-state index in [0.717, 1.165) is 25.7 Å². The summed E-state index contributed by atoms with van der Waals surface area (Å²) in [5.74, 6) is 0.326. The van der Waals surface area contributed by atoms with Crippen LogP contribution in [0.25, 0.3) is 0 Å². The Labute approximate surface area is 137 Å². The molecule has 4 fully saturated rings. The first-order chi connectivity index (χ1) is 10.9. The molecule has 0 aromatic rings. The Kier molecular flexibility index (Phi) is 4.25. The summed E-state index contributed by atoms with van der Waals surface area (Å²) in [5, 5.41) is 0. The standard InChI is InChI=1S/C18H26O5/c1-4-15(19)23-18-9-13-6-14(10-18)8-17(7-13,11-18)22-12(3)16(20)21-5-2/h4,12-14H,1,5-11H2,2-3H3. The van der Waals surface area contributed by atoms with Crippen LogP contribution in [-0.4, -0.2) is 35.9 Å². The maximum absolute atomic E-state index is 11.9. The van der Waals surface area contributed by atoms with E-state index in [1.807, 2.05) is 0 Å². The van der Waals surface area contributed by atoms with Crippen LogP contribution < -0.4 is 0 Å². The molecule has 4 aliphatic carbocycles. The number of hydrogen-bond donors (Lipinski definition) is 0. The zero-order valence-corrected chi connectivity index (χ0v) is 14.0. The van der Waals surface area contributed by atoms with Gasteiger partial charge in [-0.05, 0) is 57.8 Å². The topological polar surface area (TPSA) is 61.8 Å². The third-order valence-corrected chi connectivity index (χ3v) is 5.48. The van der Waals surface area contributed by atoms with E-state index in [1.54, 1.807) is 13.8 Å². The van der Waals surface area contributed by atoms with Crippen molar-refractivity contribution in [3.8, 4) is 0 Å². The van der Waals surface area contributed by atoms with Gasteiger partial charge in [-0.2, -0.15) is 0 Å². The van der Waals surface area contributed by atoms with Crippen molar-refractivity contribution in [2.75, 3.05) is 6.61 Å². The minimum Gasteiger partial charge on any atom is -0.464 e. The molecule has 0 aromatic carbocycles. The van der Waals surface area contributed by atoms with Crippen molar-refractivity contribution in [1.29, 1.82) is 0 Å². The fourth-order valence-corrected chi connectivity index (χ4v) is 5.29. The van der Waals surface area contributed by atoms with E-state index in [0.29, 0.717) is 24.9 Å². The van der Waals surface area contributed by atoms with Gasteiger partial charge in [-0.1, -0.05) is 6.58 Å². The van der Waals surface area contributed by atoms with Gasteiger partial charge >= 0.3 is 11.9 Å². The summed E-state index contributed by atoms with van der Waals surface area (Å²) in [6.45, 7) is 7.39. The van der Waals surface area contributed by atoms with Crippen LogP contribution in [0, 0.1) is 11.8 Å². The molecule has 0 heterocycles. The molecular formula is C18H26O5. The van der Waals surface area contributed by atoms with Gasteiger partial charge in [0.2, 0.25) is 0 Å². The van der Waals surface area contributed by atoms with Gasteiger partial charge in [0.25, 0.3) is 0 Å². The molecule has 0 aromatic heterocycles. The van der Waals surface area contributed by atoms with E-state index >= 15 is 0 Å². The zero-order valence-electron chi connectivity index (χ0n) is 14.0. The Balaban J connectivity index is 1.76. The minimum absolute atomic E-state index is 0.319. The molecular weight excluding hydrogens is 296 g/mol. The third-order valence-electron chi connectivity index (χ3n) is 5.48. The summed E-state index contributed by atoms with van der Waals surface area (Å²) in [6, 6.07) is 0. The van der Waals surface area contributed by atoms with Crippen LogP contribution in [0.15, 0.2) is 12.7 Å². The van der Waals surface area contributed by atoms with Gasteiger partial charge in [0.15, 0.2) is 6.10 Å². The lowest BCUT2D eigenvalue weighted by molar-refractivity contribution is -0.244. The first-order valence-corrected chi connectivity index (χ1v) is 8.59. The molecule has 4 aliphatic rings. The highest BCUT2D eigenvalue weighted by atomic mass is 16.6. The molecule has 3 atom stereocenters. The molecule has 23 heavy (non-hydrogen) atoms. The normalized spacial score (nSPS) is 38.9. The highest BCUT2D eigenvalue weighted by Crippen LogP contribution is 2.60. The van der Waals surface area contributed by atoms with Crippen LogP contribution in [0.4, 0.5) is 0 Å². The second-order valence-corrected chi connectivity index (χ2v) is 7.46. The number of hydrogen-bond acceptors (Lipinski definition) is 5. The van der Waals surface area contributed by atoms with Crippen molar-refractivity contribution in [2.45, 2.75) is 69.7 Å². The average Bonchev–Trinajstić information content (AvgIpc) is 2.44. The third kappa shape index (κ3) is 3.16. The van der Waals surface area contributed by atoms with Gasteiger partial charge in [-0.15, -0.1) is 0 Å². The molecule has 0 aliphatic heterocycles. The van der Waals surface area contributed by atoms with E-state index in [4.69, 9.17) is 14.2 Å². The van der Waals surface area contributed by atoms with Crippen molar-refractivity contribution in [2.24, 2.45) is 11.8 Å². The molecule has 128 valence electrons. The van der Waals surface area contributed by atoms with Crippen LogP contribution in [-0.2, 0) is 23.8 Å². The van der Waals surface area contributed by atoms with Gasteiger partial charge in [0.05, 0.1) is 12.2 Å². The lowest BCUT2D eigenvalue weighted by Crippen LogP contribution is -2.62. The molecule has 0 N–H and O–H groups in total. The Hall–Kier alpha value is -1.36. The molecule has 0 saturated heterocycles. The quantitative estimate of drug-likeness (QED) is 0.556. The van der Waals surface area contributed by atoms with Gasteiger partial charge in [-0.25, -0.2) is 9.59 Å². The van der Waals surface area contributed by atoms with Crippen molar-refractivity contribution >= 4 is 11.9 Å². The molecule has 0 spiro atoms. The maximum Gasteiger partial charge on any atom is 0.334 e. The summed E-state index contributed by atoms with van der Waals surface area (Å²) in [6.07, 6.45) is 6.19. The number of rotatable bonds is 6. The zero-order chi connectivity index (χ0) is 16.7. The summed E-state index contributed by atoms with van der Waals surface area (Å²) < 4.78 is 17.0. The molecule has 4 bridgehead atoms. The average molecular weight is 322 g/mol. The molecule has 0 amide bonds. The van der Waals surface area contributed by atoms with Gasteiger partial charge in [0, 0.05) is 12.5 Å².